The summed E-state index contributed by atoms with van der Waals surface area (Å²) in [5, 5.41) is 6.20. The first-order valence-corrected chi connectivity index (χ1v) is 7.10. The molecule has 0 saturated heterocycles. The minimum atomic E-state index is -0.0780. The molecule has 0 bridgehead atoms. The molecule has 0 aliphatic carbocycles. The van der Waals surface area contributed by atoms with Crippen LogP contribution in [-0.2, 0) is 19.5 Å². The van der Waals surface area contributed by atoms with E-state index >= 15 is 0 Å². The van der Waals surface area contributed by atoms with Crippen molar-refractivity contribution in [3.05, 3.63) is 58.7 Å². The molecule has 1 amide bonds. The number of carbonyl (C=O) groups excluding carboxylic acids is 1. The highest BCUT2D eigenvalue weighted by molar-refractivity contribution is 5.94. The smallest absolute Gasteiger partial charge is 0.251 e. The first-order chi connectivity index (χ1) is 10.2. The lowest BCUT2D eigenvalue weighted by atomic mass is 9.98. The fraction of sp³-hybridized carbons (Fsp3) is 0.312. The van der Waals surface area contributed by atoms with E-state index in [1.165, 1.54) is 11.1 Å². The standard InChI is InChI=1S/C16H18N4O/c1-11-7-19-15(9-18-11)10-20-16(21)13-3-2-12-4-5-17-8-14(12)6-13/h2-3,6-7,9,17H,4-5,8,10H2,1H3,(H,20,21). The molecule has 21 heavy (non-hydrogen) atoms. The zero-order valence-electron chi connectivity index (χ0n) is 12.0. The van der Waals surface area contributed by atoms with Crippen molar-refractivity contribution >= 4 is 5.91 Å². The molecule has 5 heteroatoms. The van der Waals surface area contributed by atoms with Gasteiger partial charge in [0.15, 0.2) is 0 Å². The summed E-state index contributed by atoms with van der Waals surface area (Å²) in [6, 6.07) is 5.91. The minimum Gasteiger partial charge on any atom is -0.346 e. The molecule has 1 aromatic heterocycles. The number of nitrogens with one attached hydrogen (secondary N) is 2. The number of nitrogens with zero attached hydrogens (tertiary/aromatic N) is 2. The zero-order valence-corrected chi connectivity index (χ0v) is 12.0. The van der Waals surface area contributed by atoms with Crippen molar-refractivity contribution in [2.75, 3.05) is 6.54 Å². The Labute approximate surface area is 123 Å². The predicted molar refractivity (Wildman–Crippen MR) is 79.8 cm³/mol. The summed E-state index contributed by atoms with van der Waals surface area (Å²) in [6.45, 7) is 4.11. The van der Waals surface area contributed by atoms with Gasteiger partial charge in [0, 0.05) is 18.3 Å². The number of carbonyl (C=O) groups is 1. The number of fused-ring (bicyclic) bond motifs is 1. The van der Waals surface area contributed by atoms with Crippen LogP contribution < -0.4 is 10.6 Å². The largest absolute Gasteiger partial charge is 0.346 e. The van der Waals surface area contributed by atoms with Crippen molar-refractivity contribution in [2.45, 2.75) is 26.4 Å². The molecule has 1 aromatic carbocycles. The molecule has 1 aliphatic heterocycles. The van der Waals surface area contributed by atoms with Crippen LogP contribution in [0.5, 0.6) is 0 Å². The normalized spacial score (nSPS) is 13.6. The molecule has 5 nitrogen and oxygen atoms in total. The van der Waals surface area contributed by atoms with E-state index in [2.05, 4.69) is 26.7 Å². The Hall–Kier alpha value is -2.27. The maximum absolute atomic E-state index is 12.2. The number of benzene rings is 1. The highest BCUT2D eigenvalue weighted by Gasteiger charge is 2.12. The summed E-state index contributed by atoms with van der Waals surface area (Å²) < 4.78 is 0. The molecule has 2 N–H and O–H groups in total. The number of aryl methyl sites for hydroxylation is 1. The summed E-state index contributed by atoms with van der Waals surface area (Å²) in [5.41, 5.74) is 4.86. The Morgan fingerprint density at radius 2 is 2.19 bits per heavy atom. The van der Waals surface area contributed by atoms with Crippen LogP contribution in [0, 0.1) is 6.92 Å². The molecule has 0 saturated carbocycles. The average Bonchev–Trinajstić information content (AvgIpc) is 2.53. The van der Waals surface area contributed by atoms with E-state index in [0.717, 1.165) is 30.9 Å². The van der Waals surface area contributed by atoms with Crippen LogP contribution in [0.25, 0.3) is 0 Å². The molecule has 1 aliphatic rings. The number of hydrogen-bond donors (Lipinski definition) is 2. The quantitative estimate of drug-likeness (QED) is 0.892. The highest BCUT2D eigenvalue weighted by atomic mass is 16.1. The van der Waals surface area contributed by atoms with Crippen LogP contribution in [-0.4, -0.2) is 22.4 Å². The maximum atomic E-state index is 12.2. The van der Waals surface area contributed by atoms with Crippen molar-refractivity contribution < 1.29 is 4.79 Å². The van der Waals surface area contributed by atoms with Crippen LogP contribution in [0.1, 0.15) is 32.9 Å². The van der Waals surface area contributed by atoms with E-state index in [1.807, 2.05) is 19.1 Å². The van der Waals surface area contributed by atoms with E-state index in [4.69, 9.17) is 0 Å². The van der Waals surface area contributed by atoms with Crippen LogP contribution in [0.15, 0.2) is 30.6 Å². The van der Waals surface area contributed by atoms with Gasteiger partial charge in [-0.1, -0.05) is 6.07 Å². The lowest BCUT2D eigenvalue weighted by molar-refractivity contribution is 0.0950. The van der Waals surface area contributed by atoms with E-state index in [1.54, 1.807) is 12.4 Å². The van der Waals surface area contributed by atoms with Gasteiger partial charge in [0.05, 0.1) is 24.1 Å². The monoisotopic (exact) mass is 282 g/mol. The van der Waals surface area contributed by atoms with Gasteiger partial charge in [-0.05, 0) is 43.1 Å². The van der Waals surface area contributed by atoms with Crippen LogP contribution in [0.2, 0.25) is 0 Å². The third-order valence-electron chi connectivity index (χ3n) is 3.62. The van der Waals surface area contributed by atoms with Crippen molar-refractivity contribution in [3.63, 3.8) is 0 Å². The van der Waals surface area contributed by atoms with E-state index in [9.17, 15) is 4.79 Å². The molecule has 0 unspecified atom stereocenters. The third kappa shape index (κ3) is 3.25. The average molecular weight is 282 g/mol. The Kier molecular flexibility index (Phi) is 3.92. The highest BCUT2D eigenvalue weighted by Crippen LogP contribution is 2.15. The van der Waals surface area contributed by atoms with Gasteiger partial charge >= 0.3 is 0 Å². The number of hydrogen-bond acceptors (Lipinski definition) is 4. The second kappa shape index (κ2) is 6.01. The Bertz CT molecular complexity index is 652. The summed E-state index contributed by atoms with van der Waals surface area (Å²) in [4.78, 5) is 20.6. The summed E-state index contributed by atoms with van der Waals surface area (Å²) in [5.74, 6) is -0.0780. The van der Waals surface area contributed by atoms with Crippen molar-refractivity contribution in [1.82, 2.24) is 20.6 Å². The van der Waals surface area contributed by atoms with E-state index in [-0.39, 0.29) is 5.91 Å². The van der Waals surface area contributed by atoms with Gasteiger partial charge in [-0.2, -0.15) is 0 Å². The lowest BCUT2D eigenvalue weighted by Crippen LogP contribution is -2.26. The second-order valence-electron chi connectivity index (χ2n) is 5.24. The van der Waals surface area contributed by atoms with Crippen LogP contribution >= 0.6 is 0 Å². The van der Waals surface area contributed by atoms with Gasteiger partial charge < -0.3 is 10.6 Å². The van der Waals surface area contributed by atoms with Gasteiger partial charge in [-0.3, -0.25) is 14.8 Å². The fourth-order valence-corrected chi connectivity index (χ4v) is 2.41. The SMILES string of the molecule is Cc1cnc(CNC(=O)c2ccc3c(c2)CNCC3)cn1. The van der Waals surface area contributed by atoms with Crippen LogP contribution in [0.3, 0.4) is 0 Å². The second-order valence-corrected chi connectivity index (χ2v) is 5.24. The van der Waals surface area contributed by atoms with Crippen molar-refractivity contribution in [2.24, 2.45) is 0 Å². The zero-order chi connectivity index (χ0) is 14.7. The number of rotatable bonds is 3. The van der Waals surface area contributed by atoms with Gasteiger partial charge in [-0.15, -0.1) is 0 Å². The topological polar surface area (TPSA) is 66.9 Å². The summed E-state index contributed by atoms with van der Waals surface area (Å²) in [6.07, 6.45) is 4.41. The molecule has 0 radical (unpaired) electrons. The summed E-state index contributed by atoms with van der Waals surface area (Å²) >= 11 is 0. The number of amides is 1. The Balaban J connectivity index is 1.66. The van der Waals surface area contributed by atoms with E-state index in [0.29, 0.717) is 12.1 Å². The van der Waals surface area contributed by atoms with E-state index < -0.39 is 0 Å². The van der Waals surface area contributed by atoms with Crippen molar-refractivity contribution in [3.8, 4) is 0 Å². The molecule has 0 fully saturated rings. The Morgan fingerprint density at radius 1 is 1.29 bits per heavy atom. The fourth-order valence-electron chi connectivity index (χ4n) is 2.41. The van der Waals surface area contributed by atoms with Gasteiger partial charge in [0.1, 0.15) is 0 Å². The molecule has 0 atom stereocenters. The molecule has 2 heterocycles. The van der Waals surface area contributed by atoms with Gasteiger partial charge in [0.25, 0.3) is 5.91 Å². The van der Waals surface area contributed by atoms with Gasteiger partial charge in [0.2, 0.25) is 0 Å². The molecular weight excluding hydrogens is 264 g/mol. The van der Waals surface area contributed by atoms with Gasteiger partial charge in [-0.25, -0.2) is 0 Å². The minimum absolute atomic E-state index is 0.0780. The first kappa shape index (κ1) is 13.7. The molecule has 108 valence electrons. The van der Waals surface area contributed by atoms with Crippen LogP contribution in [0.4, 0.5) is 0 Å². The first-order valence-electron chi connectivity index (χ1n) is 7.10. The molecule has 0 spiro atoms. The summed E-state index contributed by atoms with van der Waals surface area (Å²) in [7, 11) is 0. The molecular formula is C16H18N4O. The predicted octanol–water partition coefficient (Wildman–Crippen LogP) is 1.36. The molecule has 2 aromatic rings. The maximum Gasteiger partial charge on any atom is 0.251 e. The molecule has 3 rings (SSSR count). The Morgan fingerprint density at radius 3 is 3.00 bits per heavy atom. The number of aromatic nitrogens is 2. The third-order valence-corrected chi connectivity index (χ3v) is 3.62. The van der Waals surface area contributed by atoms with Crippen molar-refractivity contribution in [1.29, 1.82) is 0 Å². The lowest BCUT2D eigenvalue weighted by Gasteiger charge is -2.17.